The van der Waals surface area contributed by atoms with Crippen molar-refractivity contribution in [2.75, 3.05) is 37.9 Å². The molecule has 1 aliphatic rings. The van der Waals surface area contributed by atoms with Gasteiger partial charge in [0, 0.05) is 19.2 Å². The van der Waals surface area contributed by atoms with Crippen LogP contribution in [-0.4, -0.2) is 45.1 Å². The van der Waals surface area contributed by atoms with Crippen LogP contribution in [0, 0.1) is 0 Å². The Labute approximate surface area is 177 Å². The maximum absolute atomic E-state index is 13.3. The molecule has 0 aromatic heterocycles. The summed E-state index contributed by atoms with van der Waals surface area (Å²) in [6.07, 6.45) is 2.77. The molecule has 1 heterocycles. The van der Waals surface area contributed by atoms with Crippen molar-refractivity contribution in [3.05, 3.63) is 42.5 Å². The first-order chi connectivity index (χ1) is 14.0. The van der Waals surface area contributed by atoms with Gasteiger partial charge in [-0.05, 0) is 49.3 Å². The van der Waals surface area contributed by atoms with Gasteiger partial charge in [0.2, 0.25) is 10.0 Å². The van der Waals surface area contributed by atoms with Crippen LogP contribution in [0.4, 0.5) is 11.4 Å². The highest BCUT2D eigenvalue weighted by Crippen LogP contribution is 2.31. The molecule has 2 N–H and O–H groups in total. The van der Waals surface area contributed by atoms with Crippen molar-refractivity contribution in [3.8, 4) is 11.5 Å². The average Bonchev–Trinajstić information content (AvgIpc) is 2.75. The van der Waals surface area contributed by atoms with Gasteiger partial charge in [-0.2, -0.15) is 4.31 Å². The fourth-order valence-electron chi connectivity index (χ4n) is 3.21. The van der Waals surface area contributed by atoms with Crippen LogP contribution in [0.15, 0.2) is 47.4 Å². The van der Waals surface area contributed by atoms with Crippen LogP contribution in [0.1, 0.15) is 19.3 Å². The number of nitrogens with zero attached hydrogens (tertiary/aromatic N) is 1. The maximum atomic E-state index is 13.3. The highest BCUT2D eigenvalue weighted by Gasteiger charge is 2.29. The molecule has 9 heteroatoms. The molecule has 0 aliphatic carbocycles. The van der Waals surface area contributed by atoms with Gasteiger partial charge >= 0.3 is 0 Å². The van der Waals surface area contributed by atoms with Gasteiger partial charge in [0.05, 0.1) is 25.6 Å². The van der Waals surface area contributed by atoms with E-state index in [2.05, 4.69) is 10.6 Å². The molecule has 156 valence electrons. The molecule has 2 aromatic rings. The van der Waals surface area contributed by atoms with Crippen LogP contribution in [0.25, 0.3) is 0 Å². The molecular weight excluding hydrogens is 410 g/mol. The van der Waals surface area contributed by atoms with Crippen molar-refractivity contribution < 1.29 is 17.9 Å². The molecule has 0 unspecified atom stereocenters. The first-order valence-corrected chi connectivity index (χ1v) is 11.2. The molecule has 0 amide bonds. The number of anilines is 2. The third kappa shape index (κ3) is 4.98. The average molecular weight is 436 g/mol. The summed E-state index contributed by atoms with van der Waals surface area (Å²) in [5.41, 5.74) is 1.07. The second-order valence-corrected chi connectivity index (χ2v) is 8.92. The van der Waals surface area contributed by atoms with Crippen LogP contribution >= 0.6 is 12.2 Å². The Bertz CT molecular complexity index is 973. The molecule has 0 radical (unpaired) electrons. The molecular formula is C20H25N3O4S2. The third-order valence-corrected chi connectivity index (χ3v) is 6.87. The Balaban J connectivity index is 1.88. The van der Waals surface area contributed by atoms with E-state index in [-0.39, 0.29) is 10.0 Å². The van der Waals surface area contributed by atoms with Gasteiger partial charge in [-0.15, -0.1) is 0 Å². The lowest BCUT2D eigenvalue weighted by molar-refractivity contribution is 0.346. The fourth-order valence-corrected chi connectivity index (χ4v) is 5.11. The zero-order valence-electron chi connectivity index (χ0n) is 16.5. The van der Waals surface area contributed by atoms with E-state index < -0.39 is 10.0 Å². The minimum atomic E-state index is -3.68. The van der Waals surface area contributed by atoms with Crippen molar-refractivity contribution in [1.29, 1.82) is 0 Å². The molecule has 29 heavy (non-hydrogen) atoms. The zero-order valence-corrected chi connectivity index (χ0v) is 18.1. The van der Waals surface area contributed by atoms with E-state index in [0.717, 1.165) is 19.3 Å². The molecule has 0 spiro atoms. The van der Waals surface area contributed by atoms with Crippen molar-refractivity contribution in [2.24, 2.45) is 0 Å². The molecule has 0 saturated carbocycles. The lowest BCUT2D eigenvalue weighted by atomic mass is 10.2. The highest BCUT2D eigenvalue weighted by atomic mass is 32.2. The number of thiocarbonyl (C=S) groups is 1. The van der Waals surface area contributed by atoms with Gasteiger partial charge in [-0.3, -0.25) is 0 Å². The minimum absolute atomic E-state index is 0.142. The van der Waals surface area contributed by atoms with Crippen LogP contribution in [0.2, 0.25) is 0 Å². The summed E-state index contributed by atoms with van der Waals surface area (Å²) < 4.78 is 38.6. The Hall–Kier alpha value is -2.36. The summed E-state index contributed by atoms with van der Waals surface area (Å²) in [7, 11) is -0.597. The van der Waals surface area contributed by atoms with E-state index in [1.807, 2.05) is 24.3 Å². The number of para-hydroxylation sites is 2. The molecule has 3 rings (SSSR count). The lowest BCUT2D eigenvalue weighted by Gasteiger charge is -2.27. The third-order valence-electron chi connectivity index (χ3n) is 4.73. The Morgan fingerprint density at radius 3 is 2.34 bits per heavy atom. The van der Waals surface area contributed by atoms with Crippen LogP contribution < -0.4 is 20.1 Å². The second-order valence-electron chi connectivity index (χ2n) is 6.61. The quantitative estimate of drug-likeness (QED) is 0.670. The molecule has 0 bridgehead atoms. The van der Waals surface area contributed by atoms with Crippen molar-refractivity contribution in [3.63, 3.8) is 0 Å². The number of piperidine rings is 1. The predicted molar refractivity (Wildman–Crippen MR) is 118 cm³/mol. The lowest BCUT2D eigenvalue weighted by Crippen LogP contribution is -2.36. The number of hydrogen-bond acceptors (Lipinski definition) is 5. The summed E-state index contributed by atoms with van der Waals surface area (Å²) in [5.74, 6) is 1.10. The molecule has 2 aromatic carbocycles. The maximum Gasteiger partial charge on any atom is 0.245 e. The number of methoxy groups -OCH3 is 2. The van der Waals surface area contributed by atoms with Gasteiger partial charge in [0.1, 0.15) is 16.4 Å². The SMILES string of the molecule is COc1ccc(NC(=S)Nc2ccccc2OC)c(S(=O)(=O)N2CCCCC2)c1. The van der Waals surface area contributed by atoms with E-state index in [0.29, 0.717) is 36.0 Å². The van der Waals surface area contributed by atoms with Gasteiger partial charge in [-0.1, -0.05) is 18.6 Å². The molecule has 0 atom stereocenters. The zero-order chi connectivity index (χ0) is 20.9. The Morgan fingerprint density at radius 2 is 1.66 bits per heavy atom. The normalized spacial score (nSPS) is 14.8. The number of rotatable bonds is 6. The van der Waals surface area contributed by atoms with E-state index in [9.17, 15) is 8.42 Å². The number of benzene rings is 2. The van der Waals surface area contributed by atoms with Crippen molar-refractivity contribution in [2.45, 2.75) is 24.2 Å². The first kappa shape index (κ1) is 21.4. The van der Waals surface area contributed by atoms with Gasteiger partial charge < -0.3 is 20.1 Å². The summed E-state index contributed by atoms with van der Waals surface area (Å²) >= 11 is 5.41. The van der Waals surface area contributed by atoms with Crippen LogP contribution in [0.5, 0.6) is 11.5 Å². The van der Waals surface area contributed by atoms with Crippen molar-refractivity contribution in [1.82, 2.24) is 4.31 Å². The van der Waals surface area contributed by atoms with E-state index in [1.54, 1.807) is 19.2 Å². The molecule has 1 fully saturated rings. The van der Waals surface area contributed by atoms with Gasteiger partial charge in [0.15, 0.2) is 5.11 Å². The highest BCUT2D eigenvalue weighted by molar-refractivity contribution is 7.89. The van der Waals surface area contributed by atoms with Crippen LogP contribution in [0.3, 0.4) is 0 Å². The van der Waals surface area contributed by atoms with Gasteiger partial charge in [0.25, 0.3) is 0 Å². The summed E-state index contributed by atoms with van der Waals surface area (Å²) in [6, 6.07) is 12.2. The Kier molecular flexibility index (Phi) is 6.94. The monoisotopic (exact) mass is 435 g/mol. The molecule has 1 saturated heterocycles. The Morgan fingerprint density at radius 1 is 0.966 bits per heavy atom. The number of nitrogens with one attached hydrogen (secondary N) is 2. The standard InChI is InChI=1S/C20H25N3O4S2/c1-26-15-10-11-17(19(14-15)29(24,25)23-12-6-3-7-13-23)22-20(28)21-16-8-4-5-9-18(16)27-2/h4-5,8-11,14H,3,6-7,12-13H2,1-2H3,(H2,21,22,28). The van der Waals surface area contributed by atoms with E-state index in [4.69, 9.17) is 21.7 Å². The van der Waals surface area contributed by atoms with Gasteiger partial charge in [-0.25, -0.2) is 8.42 Å². The smallest absolute Gasteiger partial charge is 0.245 e. The predicted octanol–water partition coefficient (Wildman–Crippen LogP) is 3.69. The second kappa shape index (κ2) is 9.43. The summed E-state index contributed by atoms with van der Waals surface area (Å²) in [5, 5.41) is 6.32. The number of sulfonamides is 1. The number of ether oxygens (including phenoxy) is 2. The largest absolute Gasteiger partial charge is 0.497 e. The fraction of sp³-hybridized carbons (Fsp3) is 0.350. The molecule has 1 aliphatic heterocycles. The summed E-state index contributed by atoms with van der Waals surface area (Å²) in [4.78, 5) is 0.142. The van der Waals surface area contributed by atoms with Crippen LogP contribution in [-0.2, 0) is 10.0 Å². The summed E-state index contributed by atoms with van der Waals surface area (Å²) in [6.45, 7) is 1.03. The topological polar surface area (TPSA) is 79.9 Å². The van der Waals surface area contributed by atoms with Crippen molar-refractivity contribution >= 4 is 38.7 Å². The minimum Gasteiger partial charge on any atom is -0.497 e. The molecule has 7 nitrogen and oxygen atoms in total. The van der Waals surface area contributed by atoms with E-state index >= 15 is 0 Å². The number of hydrogen-bond donors (Lipinski definition) is 2. The first-order valence-electron chi connectivity index (χ1n) is 9.35. The van der Waals surface area contributed by atoms with E-state index in [1.165, 1.54) is 17.5 Å².